The van der Waals surface area contributed by atoms with Gasteiger partial charge < -0.3 is 20.3 Å². The number of carbonyl (C=O) groups is 1. The Morgan fingerprint density at radius 1 is 1.22 bits per heavy atom. The van der Waals surface area contributed by atoms with Crippen LogP contribution in [0.25, 0.3) is 0 Å². The monoisotopic (exact) mass is 325 g/mol. The smallest absolute Gasteiger partial charge is 0.407 e. The van der Waals surface area contributed by atoms with Crippen LogP contribution in [0.1, 0.15) is 60.3 Å². The van der Waals surface area contributed by atoms with Crippen molar-refractivity contribution in [2.24, 2.45) is 5.92 Å². The summed E-state index contributed by atoms with van der Waals surface area (Å²) in [5.41, 5.74) is -0.423. The minimum absolute atomic E-state index is 0.261. The molecule has 1 aliphatic carbocycles. The topological polar surface area (TPSA) is 53.6 Å². The van der Waals surface area contributed by atoms with E-state index in [9.17, 15) is 4.79 Å². The first-order chi connectivity index (χ1) is 10.8. The van der Waals surface area contributed by atoms with Crippen LogP contribution in [0.5, 0.6) is 0 Å². The number of piperidine rings is 1. The molecule has 1 saturated heterocycles. The summed E-state index contributed by atoms with van der Waals surface area (Å²) in [4.78, 5) is 14.3. The van der Waals surface area contributed by atoms with Gasteiger partial charge in [-0.3, -0.25) is 0 Å². The maximum atomic E-state index is 11.7. The highest BCUT2D eigenvalue weighted by atomic mass is 16.6. The fourth-order valence-electron chi connectivity index (χ4n) is 3.62. The van der Waals surface area contributed by atoms with Gasteiger partial charge >= 0.3 is 6.09 Å². The number of hydrogen-bond acceptors (Lipinski definition) is 4. The summed E-state index contributed by atoms with van der Waals surface area (Å²) in [6.45, 7) is 13.9. The molecule has 1 aliphatic heterocycles. The van der Waals surface area contributed by atoms with E-state index in [2.05, 4.69) is 29.4 Å². The average Bonchev–Trinajstić information content (AvgIpc) is 2.43. The van der Waals surface area contributed by atoms with E-state index in [1.807, 2.05) is 20.8 Å². The van der Waals surface area contributed by atoms with E-state index in [1.54, 1.807) is 0 Å². The number of rotatable bonds is 5. The van der Waals surface area contributed by atoms with Gasteiger partial charge in [0, 0.05) is 18.1 Å². The lowest BCUT2D eigenvalue weighted by atomic mass is 9.84. The van der Waals surface area contributed by atoms with Crippen LogP contribution in [-0.4, -0.2) is 54.4 Å². The van der Waals surface area contributed by atoms with Gasteiger partial charge in [0.25, 0.3) is 0 Å². The molecule has 0 radical (unpaired) electrons. The van der Waals surface area contributed by atoms with Crippen molar-refractivity contribution in [3.05, 3.63) is 0 Å². The molecule has 2 fully saturated rings. The van der Waals surface area contributed by atoms with Crippen LogP contribution in [0.15, 0.2) is 0 Å². The van der Waals surface area contributed by atoms with E-state index in [0.29, 0.717) is 12.1 Å². The Bertz CT molecular complexity index is 380. The fourth-order valence-corrected chi connectivity index (χ4v) is 3.62. The second kappa shape index (κ2) is 7.84. The molecule has 1 heterocycles. The zero-order valence-corrected chi connectivity index (χ0v) is 15.5. The molecule has 134 valence electrons. The number of nitrogens with one attached hydrogen (secondary N) is 2. The first kappa shape index (κ1) is 18.5. The minimum Gasteiger partial charge on any atom is -0.444 e. The van der Waals surface area contributed by atoms with Gasteiger partial charge in [0.1, 0.15) is 5.60 Å². The largest absolute Gasteiger partial charge is 0.444 e. The van der Waals surface area contributed by atoms with Gasteiger partial charge in [0.2, 0.25) is 0 Å². The third-order valence-corrected chi connectivity index (χ3v) is 5.14. The van der Waals surface area contributed by atoms with Crippen molar-refractivity contribution in [3.63, 3.8) is 0 Å². The Morgan fingerprint density at radius 2 is 1.83 bits per heavy atom. The molecule has 0 spiro atoms. The summed E-state index contributed by atoms with van der Waals surface area (Å²) in [6, 6.07) is 1.37. The van der Waals surface area contributed by atoms with E-state index in [4.69, 9.17) is 4.74 Å². The summed E-state index contributed by atoms with van der Waals surface area (Å²) in [5, 5.41) is 6.72. The molecule has 5 heteroatoms. The summed E-state index contributed by atoms with van der Waals surface area (Å²) in [6.07, 6.45) is 4.33. The lowest BCUT2D eigenvalue weighted by Crippen LogP contribution is -2.56. The molecule has 0 aromatic rings. The number of ether oxygens (including phenoxy) is 1. The van der Waals surface area contributed by atoms with Crippen molar-refractivity contribution >= 4 is 6.09 Å². The van der Waals surface area contributed by atoms with E-state index >= 15 is 0 Å². The van der Waals surface area contributed by atoms with Crippen LogP contribution in [0.3, 0.4) is 0 Å². The standard InChI is InChI=1S/C18H35N3O2/c1-6-21-9-7-14(8-10-21)13(2)19-15-11-16(12-15)20-17(22)23-18(3,4)5/h13-16,19H,6-12H2,1-5H3,(H,20,22). The van der Waals surface area contributed by atoms with Crippen LogP contribution in [0, 0.1) is 5.92 Å². The first-order valence-electron chi connectivity index (χ1n) is 9.24. The van der Waals surface area contributed by atoms with Crippen molar-refractivity contribution in [3.8, 4) is 0 Å². The summed E-state index contributed by atoms with van der Waals surface area (Å²) in [5.74, 6) is 0.788. The third kappa shape index (κ3) is 5.96. The Balaban J connectivity index is 1.61. The third-order valence-electron chi connectivity index (χ3n) is 5.14. The minimum atomic E-state index is -0.423. The number of carbonyl (C=O) groups excluding carboxylic acids is 1. The molecule has 0 aromatic heterocycles. The number of amides is 1. The first-order valence-corrected chi connectivity index (χ1v) is 9.24. The van der Waals surface area contributed by atoms with Gasteiger partial charge in [-0.1, -0.05) is 6.92 Å². The van der Waals surface area contributed by atoms with E-state index in [-0.39, 0.29) is 12.1 Å². The number of likely N-dealkylation sites (tertiary alicyclic amines) is 1. The average molecular weight is 325 g/mol. The van der Waals surface area contributed by atoms with E-state index in [0.717, 1.165) is 18.8 Å². The van der Waals surface area contributed by atoms with Gasteiger partial charge in [-0.05, 0) is 78.9 Å². The molecular formula is C18H35N3O2. The summed E-state index contributed by atoms with van der Waals surface area (Å²) in [7, 11) is 0. The molecule has 1 atom stereocenters. The summed E-state index contributed by atoms with van der Waals surface area (Å²) < 4.78 is 5.30. The molecule has 1 amide bonds. The van der Waals surface area contributed by atoms with E-state index in [1.165, 1.54) is 32.5 Å². The predicted octanol–water partition coefficient (Wildman–Crippen LogP) is 2.75. The second-order valence-corrected chi connectivity index (χ2v) is 8.24. The van der Waals surface area contributed by atoms with E-state index < -0.39 is 5.60 Å². The zero-order chi connectivity index (χ0) is 17.0. The highest BCUT2D eigenvalue weighted by Crippen LogP contribution is 2.25. The van der Waals surface area contributed by atoms with Gasteiger partial charge in [-0.15, -0.1) is 0 Å². The van der Waals surface area contributed by atoms with Crippen LogP contribution in [0.4, 0.5) is 4.79 Å². The van der Waals surface area contributed by atoms with Gasteiger partial charge in [0.05, 0.1) is 0 Å². The van der Waals surface area contributed by atoms with Crippen molar-refractivity contribution in [1.29, 1.82) is 0 Å². The van der Waals surface area contributed by atoms with Gasteiger partial charge in [0.15, 0.2) is 0 Å². The molecule has 2 aliphatic rings. The molecule has 2 rings (SSSR count). The number of hydrogen-bond donors (Lipinski definition) is 2. The molecular weight excluding hydrogens is 290 g/mol. The highest BCUT2D eigenvalue weighted by molar-refractivity contribution is 5.68. The number of nitrogens with zero attached hydrogens (tertiary/aromatic N) is 1. The van der Waals surface area contributed by atoms with Gasteiger partial charge in [-0.2, -0.15) is 0 Å². The molecule has 0 aromatic carbocycles. The maximum Gasteiger partial charge on any atom is 0.407 e. The Labute approximate surface area is 141 Å². The lowest BCUT2D eigenvalue weighted by Gasteiger charge is -2.41. The van der Waals surface area contributed by atoms with Crippen molar-refractivity contribution in [2.75, 3.05) is 19.6 Å². The van der Waals surface area contributed by atoms with Crippen molar-refractivity contribution in [1.82, 2.24) is 15.5 Å². The molecule has 1 saturated carbocycles. The molecule has 23 heavy (non-hydrogen) atoms. The second-order valence-electron chi connectivity index (χ2n) is 8.24. The quantitative estimate of drug-likeness (QED) is 0.816. The SMILES string of the molecule is CCN1CCC(C(C)NC2CC(NC(=O)OC(C)(C)C)C2)CC1. The van der Waals surface area contributed by atoms with Crippen LogP contribution in [0.2, 0.25) is 0 Å². The Morgan fingerprint density at radius 3 is 2.35 bits per heavy atom. The van der Waals surface area contributed by atoms with Crippen LogP contribution < -0.4 is 10.6 Å². The van der Waals surface area contributed by atoms with Crippen LogP contribution in [-0.2, 0) is 4.74 Å². The van der Waals surface area contributed by atoms with Gasteiger partial charge in [-0.25, -0.2) is 4.79 Å². The predicted molar refractivity (Wildman–Crippen MR) is 93.6 cm³/mol. The molecule has 5 nitrogen and oxygen atoms in total. The Kier molecular flexibility index (Phi) is 6.32. The highest BCUT2D eigenvalue weighted by Gasteiger charge is 2.34. The fraction of sp³-hybridized carbons (Fsp3) is 0.944. The molecule has 0 bridgehead atoms. The van der Waals surface area contributed by atoms with Crippen LogP contribution >= 0.6 is 0 Å². The molecule has 1 unspecified atom stereocenters. The zero-order valence-electron chi connectivity index (χ0n) is 15.5. The van der Waals surface area contributed by atoms with Crippen molar-refractivity contribution in [2.45, 2.75) is 84.0 Å². The maximum absolute atomic E-state index is 11.7. The number of alkyl carbamates (subject to hydrolysis) is 1. The summed E-state index contributed by atoms with van der Waals surface area (Å²) >= 11 is 0. The lowest BCUT2D eigenvalue weighted by molar-refractivity contribution is 0.0459. The Hall–Kier alpha value is -0.810. The van der Waals surface area contributed by atoms with Crippen molar-refractivity contribution < 1.29 is 9.53 Å². The molecule has 2 N–H and O–H groups in total. The normalized spacial score (nSPS) is 28.0.